The van der Waals surface area contributed by atoms with Crippen LogP contribution in [-0.2, 0) is 12.6 Å². The van der Waals surface area contributed by atoms with Gasteiger partial charge in [-0.3, -0.25) is 0 Å². The summed E-state index contributed by atoms with van der Waals surface area (Å²) in [4.78, 5) is 2.24. The quantitative estimate of drug-likeness (QED) is 0.375. The van der Waals surface area contributed by atoms with E-state index >= 15 is 0 Å². The van der Waals surface area contributed by atoms with Gasteiger partial charge in [0.2, 0.25) is 0 Å². The van der Waals surface area contributed by atoms with Crippen molar-refractivity contribution in [1.29, 1.82) is 0 Å². The van der Waals surface area contributed by atoms with Gasteiger partial charge in [0.15, 0.2) is 0 Å². The molecule has 0 aliphatic heterocycles. The Kier molecular flexibility index (Phi) is 7.98. The molecule has 0 spiro atoms. The van der Waals surface area contributed by atoms with Gasteiger partial charge >= 0.3 is 29.6 Å². The van der Waals surface area contributed by atoms with Gasteiger partial charge in [-0.25, -0.2) is 0 Å². The summed E-state index contributed by atoms with van der Waals surface area (Å²) in [7, 11) is 0. The van der Waals surface area contributed by atoms with Crippen molar-refractivity contribution in [1.82, 2.24) is 4.90 Å². The van der Waals surface area contributed by atoms with Gasteiger partial charge < -0.3 is 29.7 Å². The molecule has 1 aliphatic rings. The van der Waals surface area contributed by atoms with Crippen LogP contribution in [0.2, 0.25) is 0 Å². The largest absolute Gasteiger partial charge is 1.00 e. The molecule has 76 valence electrons. The summed E-state index contributed by atoms with van der Waals surface area (Å²) in [5.41, 5.74) is 0. The minimum absolute atomic E-state index is 0. The third-order valence-corrected chi connectivity index (χ3v) is 3.16. The predicted octanol–water partition coefficient (Wildman–Crippen LogP) is -0.135. The molecule has 1 rings (SSSR count). The van der Waals surface area contributed by atoms with Gasteiger partial charge in [-0.1, -0.05) is 23.6 Å². The summed E-state index contributed by atoms with van der Waals surface area (Å²) in [6.07, 6.45) is 6.61. The molecule has 0 saturated heterocycles. The van der Waals surface area contributed by atoms with E-state index in [2.05, 4.69) is 18.7 Å². The van der Waals surface area contributed by atoms with Crippen LogP contribution in [0.15, 0.2) is 0 Å². The first-order valence-electron chi connectivity index (χ1n) is 5.12. The van der Waals surface area contributed by atoms with E-state index in [0.29, 0.717) is 16.4 Å². The SMILES string of the molecule is CC(C)N(C(=S)[S-])C1CCCCC1.[Na+]. The number of thiocarbonyl (C=S) groups is 1. The Morgan fingerprint density at radius 3 is 2.14 bits per heavy atom. The summed E-state index contributed by atoms with van der Waals surface area (Å²) >= 11 is 10.2. The topological polar surface area (TPSA) is 3.24 Å². The molecular formula is C10H18NNaS2. The molecule has 4 heteroatoms. The number of hydrogen-bond donors (Lipinski definition) is 0. The van der Waals surface area contributed by atoms with Crippen LogP contribution in [0.4, 0.5) is 0 Å². The van der Waals surface area contributed by atoms with E-state index in [-0.39, 0.29) is 29.6 Å². The van der Waals surface area contributed by atoms with E-state index < -0.39 is 0 Å². The zero-order chi connectivity index (χ0) is 9.84. The summed E-state index contributed by atoms with van der Waals surface area (Å²) in [6, 6.07) is 1.09. The molecule has 14 heavy (non-hydrogen) atoms. The van der Waals surface area contributed by atoms with Crippen LogP contribution in [0.1, 0.15) is 46.0 Å². The molecule has 0 bridgehead atoms. The molecule has 0 aromatic carbocycles. The van der Waals surface area contributed by atoms with Gasteiger partial charge in [0.25, 0.3) is 0 Å². The number of hydrogen-bond acceptors (Lipinski definition) is 2. The molecule has 0 heterocycles. The molecule has 0 aromatic heterocycles. The molecule has 0 N–H and O–H groups in total. The van der Waals surface area contributed by atoms with Crippen molar-refractivity contribution in [2.45, 2.75) is 58.0 Å². The third kappa shape index (κ3) is 4.31. The molecule has 1 nitrogen and oxygen atoms in total. The normalized spacial score (nSPS) is 17.6. The molecule has 0 aromatic rings. The van der Waals surface area contributed by atoms with Crippen molar-refractivity contribution in [2.75, 3.05) is 0 Å². The molecule has 0 atom stereocenters. The standard InChI is InChI=1S/C10H19NS2.Na/c1-8(2)11(10(12)13)9-6-4-3-5-7-9;/h8-9H,3-7H2,1-2H3,(H,12,13);/q;+1/p-1. The smallest absolute Gasteiger partial charge is 0.411 e. The van der Waals surface area contributed by atoms with Gasteiger partial charge in [0, 0.05) is 12.1 Å². The molecule has 1 saturated carbocycles. The Morgan fingerprint density at radius 1 is 1.29 bits per heavy atom. The van der Waals surface area contributed by atoms with Gasteiger partial charge in [0.1, 0.15) is 0 Å². The monoisotopic (exact) mass is 239 g/mol. The molecular weight excluding hydrogens is 221 g/mol. The zero-order valence-electron chi connectivity index (χ0n) is 9.45. The van der Waals surface area contributed by atoms with E-state index in [1.807, 2.05) is 0 Å². The maximum Gasteiger partial charge on any atom is 1.00 e. The first-order chi connectivity index (χ1) is 6.13. The van der Waals surface area contributed by atoms with Gasteiger partial charge in [-0.15, -0.1) is 0 Å². The van der Waals surface area contributed by atoms with Crippen molar-refractivity contribution < 1.29 is 29.6 Å². The maximum atomic E-state index is 5.11. The Hall–Kier alpha value is 1.11. The summed E-state index contributed by atoms with van der Waals surface area (Å²) in [6.45, 7) is 4.35. The molecule has 0 amide bonds. The van der Waals surface area contributed by atoms with Gasteiger partial charge in [-0.2, -0.15) is 0 Å². The second-order valence-electron chi connectivity index (χ2n) is 4.06. The van der Waals surface area contributed by atoms with E-state index in [9.17, 15) is 0 Å². The van der Waals surface area contributed by atoms with E-state index in [1.54, 1.807) is 0 Å². The van der Waals surface area contributed by atoms with E-state index in [4.69, 9.17) is 24.8 Å². The summed E-state index contributed by atoms with van der Waals surface area (Å²) in [5.74, 6) is 0. The van der Waals surface area contributed by atoms with Crippen molar-refractivity contribution in [2.24, 2.45) is 0 Å². The Balaban J connectivity index is 0.00000169. The fourth-order valence-corrected chi connectivity index (χ4v) is 2.86. The summed E-state index contributed by atoms with van der Waals surface area (Å²) in [5, 5.41) is 0. The minimum atomic E-state index is 0. The number of rotatable bonds is 2. The average molecular weight is 239 g/mol. The van der Waals surface area contributed by atoms with Crippen LogP contribution in [0.5, 0.6) is 0 Å². The molecule has 1 aliphatic carbocycles. The fraction of sp³-hybridized carbons (Fsp3) is 0.900. The Labute approximate surface area is 121 Å². The van der Waals surface area contributed by atoms with E-state index in [1.165, 1.54) is 32.1 Å². The zero-order valence-corrected chi connectivity index (χ0v) is 13.1. The van der Waals surface area contributed by atoms with Crippen LogP contribution in [0, 0.1) is 0 Å². The Bertz CT molecular complexity index is 179. The van der Waals surface area contributed by atoms with Crippen LogP contribution in [-0.4, -0.2) is 21.3 Å². The van der Waals surface area contributed by atoms with Crippen LogP contribution >= 0.6 is 12.2 Å². The van der Waals surface area contributed by atoms with Crippen molar-refractivity contribution in [3.8, 4) is 0 Å². The van der Waals surface area contributed by atoms with Crippen LogP contribution in [0.3, 0.4) is 0 Å². The Morgan fingerprint density at radius 2 is 1.79 bits per heavy atom. The van der Waals surface area contributed by atoms with E-state index in [0.717, 1.165) is 0 Å². The number of nitrogens with zero attached hydrogens (tertiary/aromatic N) is 1. The molecule has 1 fully saturated rings. The molecule has 0 unspecified atom stereocenters. The molecule has 0 radical (unpaired) electrons. The van der Waals surface area contributed by atoms with Crippen LogP contribution < -0.4 is 29.6 Å². The third-order valence-electron chi connectivity index (χ3n) is 2.74. The second kappa shape index (κ2) is 7.39. The van der Waals surface area contributed by atoms with Gasteiger partial charge in [-0.05, 0) is 26.7 Å². The second-order valence-corrected chi connectivity index (χ2v) is 5.09. The summed E-state index contributed by atoms with van der Waals surface area (Å²) < 4.78 is 0.655. The minimum Gasteiger partial charge on any atom is -0.411 e. The predicted molar refractivity (Wildman–Crippen MR) is 63.8 cm³/mol. The average Bonchev–Trinajstić information content (AvgIpc) is 2.04. The van der Waals surface area contributed by atoms with Crippen LogP contribution in [0.25, 0.3) is 0 Å². The van der Waals surface area contributed by atoms with Crippen molar-refractivity contribution >= 4 is 29.2 Å². The fourth-order valence-electron chi connectivity index (χ4n) is 2.14. The maximum absolute atomic E-state index is 5.11. The van der Waals surface area contributed by atoms with Crippen molar-refractivity contribution in [3.05, 3.63) is 0 Å². The first-order valence-corrected chi connectivity index (χ1v) is 5.94. The van der Waals surface area contributed by atoms with Crippen molar-refractivity contribution in [3.63, 3.8) is 0 Å². The first kappa shape index (κ1) is 15.1. The van der Waals surface area contributed by atoms with Gasteiger partial charge in [0.05, 0.1) is 0 Å².